The molecule has 2 amide bonds. The monoisotopic (exact) mass is 296 g/mol. The first kappa shape index (κ1) is 16.7. The van der Waals surface area contributed by atoms with E-state index in [0.717, 1.165) is 0 Å². The van der Waals surface area contributed by atoms with Crippen molar-refractivity contribution in [2.24, 2.45) is 5.92 Å². The van der Waals surface area contributed by atoms with Gasteiger partial charge in [-0.1, -0.05) is 13.8 Å². The van der Waals surface area contributed by atoms with Crippen LogP contribution >= 0.6 is 0 Å². The molecule has 1 rings (SSSR count). The lowest BCUT2D eigenvalue weighted by Gasteiger charge is -2.16. The third kappa shape index (κ3) is 5.68. The maximum atomic E-state index is 11.7. The Balaban J connectivity index is 2.45. The van der Waals surface area contributed by atoms with Gasteiger partial charge in [0.2, 0.25) is 5.91 Å². The van der Waals surface area contributed by atoms with Crippen LogP contribution in [-0.2, 0) is 9.59 Å². The maximum absolute atomic E-state index is 11.7. The molecule has 1 atom stereocenters. The van der Waals surface area contributed by atoms with Crippen molar-refractivity contribution < 1.29 is 23.9 Å². The molecule has 7 heteroatoms. The van der Waals surface area contributed by atoms with Crippen LogP contribution in [0.2, 0.25) is 0 Å². The van der Waals surface area contributed by atoms with Crippen molar-refractivity contribution in [3.63, 3.8) is 0 Å². The lowest BCUT2D eigenvalue weighted by molar-refractivity contribution is -0.142. The molecular formula is C14H20N2O5. The normalized spacial score (nSPS) is 12.0. The van der Waals surface area contributed by atoms with E-state index < -0.39 is 23.8 Å². The summed E-state index contributed by atoms with van der Waals surface area (Å²) in [5, 5.41) is 13.8. The number of aryl methyl sites for hydroxylation is 1. The van der Waals surface area contributed by atoms with E-state index in [9.17, 15) is 14.4 Å². The highest BCUT2D eigenvalue weighted by Crippen LogP contribution is 2.06. The first-order chi connectivity index (χ1) is 9.79. The number of carboxylic acid groups (broad SMARTS) is 1. The second kappa shape index (κ2) is 7.47. The fraction of sp³-hybridized carbons (Fsp3) is 0.500. The topological polar surface area (TPSA) is 109 Å². The van der Waals surface area contributed by atoms with E-state index in [1.165, 1.54) is 6.26 Å². The standard InChI is InChI=1S/C14H20N2O5/c1-8(2)4-11(14(19)20)16-12(17)6-15-13(18)10-5-9(3)21-7-10/h5,7-8,11H,4,6H2,1-3H3,(H,15,18)(H,16,17)(H,19,20)/t11-/m0/s1. The number of carbonyl (C=O) groups is 3. The van der Waals surface area contributed by atoms with Crippen LogP contribution < -0.4 is 10.6 Å². The molecule has 0 fully saturated rings. The molecule has 0 bridgehead atoms. The molecule has 0 aliphatic heterocycles. The Morgan fingerprint density at radius 2 is 2.00 bits per heavy atom. The van der Waals surface area contributed by atoms with E-state index in [1.54, 1.807) is 13.0 Å². The minimum absolute atomic E-state index is 0.134. The average molecular weight is 296 g/mol. The second-order valence-electron chi connectivity index (χ2n) is 5.22. The van der Waals surface area contributed by atoms with Crippen molar-refractivity contribution in [1.82, 2.24) is 10.6 Å². The molecule has 1 aromatic rings. The number of hydrogen-bond donors (Lipinski definition) is 3. The summed E-state index contributed by atoms with van der Waals surface area (Å²) < 4.78 is 4.99. The number of nitrogens with one attached hydrogen (secondary N) is 2. The lowest BCUT2D eigenvalue weighted by atomic mass is 10.0. The van der Waals surface area contributed by atoms with Crippen molar-refractivity contribution in [2.45, 2.75) is 33.2 Å². The fourth-order valence-electron chi connectivity index (χ4n) is 1.76. The zero-order valence-electron chi connectivity index (χ0n) is 12.3. The molecular weight excluding hydrogens is 276 g/mol. The average Bonchev–Trinajstić information content (AvgIpc) is 2.81. The molecule has 0 aromatic carbocycles. The zero-order chi connectivity index (χ0) is 16.0. The highest BCUT2D eigenvalue weighted by Gasteiger charge is 2.21. The largest absolute Gasteiger partial charge is 0.480 e. The zero-order valence-corrected chi connectivity index (χ0v) is 12.3. The van der Waals surface area contributed by atoms with Gasteiger partial charge in [0.05, 0.1) is 12.1 Å². The number of carbonyl (C=O) groups excluding carboxylic acids is 2. The summed E-state index contributed by atoms with van der Waals surface area (Å²) in [6, 6.07) is 0.594. The maximum Gasteiger partial charge on any atom is 0.326 e. The molecule has 0 saturated heterocycles. The number of carboxylic acids is 1. The van der Waals surface area contributed by atoms with Crippen LogP contribution in [0, 0.1) is 12.8 Å². The fourth-order valence-corrected chi connectivity index (χ4v) is 1.76. The van der Waals surface area contributed by atoms with Gasteiger partial charge in [0.15, 0.2) is 0 Å². The third-order valence-corrected chi connectivity index (χ3v) is 2.74. The quantitative estimate of drug-likeness (QED) is 0.693. The van der Waals surface area contributed by atoms with Gasteiger partial charge >= 0.3 is 5.97 Å². The number of hydrogen-bond acceptors (Lipinski definition) is 4. The first-order valence-electron chi connectivity index (χ1n) is 6.65. The van der Waals surface area contributed by atoms with E-state index in [2.05, 4.69) is 10.6 Å². The molecule has 0 aliphatic carbocycles. The Bertz CT molecular complexity index is 521. The molecule has 0 unspecified atom stereocenters. The number of aliphatic carboxylic acids is 1. The van der Waals surface area contributed by atoms with Gasteiger partial charge in [-0.05, 0) is 25.3 Å². The van der Waals surface area contributed by atoms with Gasteiger partial charge in [-0.3, -0.25) is 9.59 Å². The molecule has 0 saturated carbocycles. The van der Waals surface area contributed by atoms with Gasteiger partial charge in [0, 0.05) is 0 Å². The molecule has 116 valence electrons. The van der Waals surface area contributed by atoms with Crippen molar-refractivity contribution in [3.05, 3.63) is 23.7 Å². The third-order valence-electron chi connectivity index (χ3n) is 2.74. The van der Waals surface area contributed by atoms with E-state index in [1.807, 2.05) is 13.8 Å². The smallest absolute Gasteiger partial charge is 0.326 e. The minimum atomic E-state index is -1.09. The Labute approximate surface area is 122 Å². The lowest BCUT2D eigenvalue weighted by Crippen LogP contribution is -2.46. The van der Waals surface area contributed by atoms with Crippen LogP contribution in [0.3, 0.4) is 0 Å². The van der Waals surface area contributed by atoms with Crippen molar-refractivity contribution in [2.75, 3.05) is 6.54 Å². The summed E-state index contributed by atoms with van der Waals surface area (Å²) in [5.41, 5.74) is 0.317. The second-order valence-corrected chi connectivity index (χ2v) is 5.22. The Hall–Kier alpha value is -2.31. The molecule has 3 N–H and O–H groups in total. The highest BCUT2D eigenvalue weighted by molar-refractivity contribution is 5.96. The van der Waals surface area contributed by atoms with Gasteiger partial charge in [-0.15, -0.1) is 0 Å². The van der Waals surface area contributed by atoms with Gasteiger partial charge in [0.1, 0.15) is 18.1 Å². The predicted octanol–water partition coefficient (Wildman–Crippen LogP) is 0.933. The summed E-state index contributed by atoms with van der Waals surface area (Å²) in [4.78, 5) is 34.4. The SMILES string of the molecule is Cc1cc(C(=O)NCC(=O)N[C@@H](CC(C)C)C(=O)O)co1. The van der Waals surface area contributed by atoms with Crippen LogP contribution in [0.15, 0.2) is 16.7 Å². The molecule has 1 aromatic heterocycles. The number of furan rings is 1. The van der Waals surface area contributed by atoms with Gasteiger partial charge in [-0.25, -0.2) is 4.79 Å². The summed E-state index contributed by atoms with van der Waals surface area (Å²) in [5.74, 6) is -1.36. The summed E-state index contributed by atoms with van der Waals surface area (Å²) in [6.07, 6.45) is 1.62. The number of rotatable bonds is 7. The van der Waals surface area contributed by atoms with Crippen molar-refractivity contribution in [1.29, 1.82) is 0 Å². The van der Waals surface area contributed by atoms with Gasteiger partial charge in [-0.2, -0.15) is 0 Å². The summed E-state index contributed by atoms with van der Waals surface area (Å²) in [7, 11) is 0. The predicted molar refractivity (Wildman–Crippen MR) is 74.8 cm³/mol. The number of amides is 2. The molecule has 0 radical (unpaired) electrons. The van der Waals surface area contributed by atoms with Crippen molar-refractivity contribution >= 4 is 17.8 Å². The Kier molecular flexibility index (Phi) is 5.95. The molecule has 7 nitrogen and oxygen atoms in total. The van der Waals surface area contributed by atoms with Gasteiger partial charge < -0.3 is 20.2 Å². The van der Waals surface area contributed by atoms with Crippen LogP contribution in [0.4, 0.5) is 0 Å². The van der Waals surface area contributed by atoms with E-state index in [0.29, 0.717) is 17.7 Å². The molecule has 0 aliphatic rings. The Morgan fingerprint density at radius 3 is 2.48 bits per heavy atom. The Morgan fingerprint density at radius 1 is 1.33 bits per heavy atom. The van der Waals surface area contributed by atoms with Crippen LogP contribution in [0.25, 0.3) is 0 Å². The summed E-state index contributed by atoms with van der Waals surface area (Å²) >= 11 is 0. The highest BCUT2D eigenvalue weighted by atomic mass is 16.4. The molecule has 0 spiro atoms. The minimum Gasteiger partial charge on any atom is -0.480 e. The van der Waals surface area contributed by atoms with Crippen LogP contribution in [0.1, 0.15) is 36.4 Å². The summed E-state index contributed by atoms with van der Waals surface area (Å²) in [6.45, 7) is 5.15. The molecule has 1 heterocycles. The van der Waals surface area contributed by atoms with E-state index in [4.69, 9.17) is 9.52 Å². The van der Waals surface area contributed by atoms with E-state index in [-0.39, 0.29) is 12.5 Å². The molecule has 21 heavy (non-hydrogen) atoms. The van der Waals surface area contributed by atoms with E-state index >= 15 is 0 Å². The first-order valence-corrected chi connectivity index (χ1v) is 6.65. The van der Waals surface area contributed by atoms with Crippen LogP contribution in [0.5, 0.6) is 0 Å². The van der Waals surface area contributed by atoms with Gasteiger partial charge in [0.25, 0.3) is 5.91 Å². The van der Waals surface area contributed by atoms with Crippen LogP contribution in [-0.4, -0.2) is 35.5 Å². The van der Waals surface area contributed by atoms with Crippen molar-refractivity contribution in [3.8, 4) is 0 Å².